The molecule has 6 nitrogen and oxygen atoms in total. The second-order valence-corrected chi connectivity index (χ2v) is 6.45. The molecule has 0 aliphatic carbocycles. The summed E-state index contributed by atoms with van der Waals surface area (Å²) in [6.07, 6.45) is 3.84. The van der Waals surface area contributed by atoms with Gasteiger partial charge >= 0.3 is 0 Å². The molecule has 6 heteroatoms. The zero-order chi connectivity index (χ0) is 17.2. The summed E-state index contributed by atoms with van der Waals surface area (Å²) >= 11 is 0. The predicted octanol–water partition coefficient (Wildman–Crippen LogP) is 1.73. The van der Waals surface area contributed by atoms with Crippen LogP contribution in [0.1, 0.15) is 23.5 Å². The van der Waals surface area contributed by atoms with E-state index in [-0.39, 0.29) is 18.6 Å². The number of carbonyl (C=O) groups excluding carboxylic acids is 1. The van der Waals surface area contributed by atoms with Crippen LogP contribution in [0, 0.1) is 0 Å². The molecule has 1 aromatic heterocycles. The molecule has 2 atom stereocenters. The van der Waals surface area contributed by atoms with Crippen LogP contribution in [0.2, 0.25) is 0 Å². The molecule has 0 unspecified atom stereocenters. The molecule has 0 radical (unpaired) electrons. The van der Waals surface area contributed by atoms with E-state index < -0.39 is 6.10 Å². The van der Waals surface area contributed by atoms with Gasteiger partial charge in [-0.2, -0.15) is 0 Å². The van der Waals surface area contributed by atoms with E-state index in [0.717, 1.165) is 29.0 Å². The summed E-state index contributed by atoms with van der Waals surface area (Å²) in [6.45, 7) is 1.23. The molecule has 130 valence electrons. The number of hydrogen-bond donors (Lipinski definition) is 1. The van der Waals surface area contributed by atoms with Gasteiger partial charge in [-0.3, -0.25) is 9.78 Å². The van der Waals surface area contributed by atoms with Gasteiger partial charge < -0.3 is 19.5 Å². The largest absolute Gasteiger partial charge is 0.454 e. The highest BCUT2D eigenvalue weighted by Gasteiger charge is 2.32. The van der Waals surface area contributed by atoms with Gasteiger partial charge in [0, 0.05) is 31.4 Å². The van der Waals surface area contributed by atoms with Gasteiger partial charge in [-0.1, -0.05) is 6.07 Å². The summed E-state index contributed by atoms with van der Waals surface area (Å²) < 4.78 is 10.7. The summed E-state index contributed by atoms with van der Waals surface area (Å²) in [5, 5.41) is 10.6. The third-order valence-electron chi connectivity index (χ3n) is 4.86. The van der Waals surface area contributed by atoms with Gasteiger partial charge in [0.15, 0.2) is 11.5 Å². The average molecular weight is 340 g/mol. The fourth-order valence-corrected chi connectivity index (χ4v) is 3.48. The Hall–Kier alpha value is -2.60. The van der Waals surface area contributed by atoms with E-state index >= 15 is 0 Å². The minimum absolute atomic E-state index is 0.000486. The molecular weight excluding hydrogens is 320 g/mol. The first kappa shape index (κ1) is 15.9. The number of hydrogen-bond acceptors (Lipinski definition) is 5. The van der Waals surface area contributed by atoms with Crippen molar-refractivity contribution in [2.24, 2.45) is 0 Å². The standard InChI is InChI=1S/C19H20N2O4/c22-16-11-21(19(23)9-13-3-6-20-7-4-13)8-5-15(16)14-1-2-17-18(10-14)25-12-24-17/h1-4,6-7,10,15-16,22H,5,8-9,11-12H2/t15-,16+/m0/s1. The fourth-order valence-electron chi connectivity index (χ4n) is 3.48. The zero-order valence-corrected chi connectivity index (χ0v) is 13.8. The number of piperidine rings is 1. The van der Waals surface area contributed by atoms with Crippen LogP contribution in [0.25, 0.3) is 0 Å². The minimum Gasteiger partial charge on any atom is -0.454 e. The molecule has 25 heavy (non-hydrogen) atoms. The molecule has 1 N–H and O–H groups in total. The molecule has 1 aromatic carbocycles. The molecule has 2 aromatic rings. The summed E-state index contributed by atoms with van der Waals surface area (Å²) in [5.41, 5.74) is 1.96. The van der Waals surface area contributed by atoms with Gasteiger partial charge in [-0.25, -0.2) is 0 Å². The number of aliphatic hydroxyl groups is 1. The molecule has 1 amide bonds. The lowest BCUT2D eigenvalue weighted by Gasteiger charge is -2.36. The monoisotopic (exact) mass is 340 g/mol. The third kappa shape index (κ3) is 3.30. The highest BCUT2D eigenvalue weighted by Crippen LogP contribution is 2.37. The van der Waals surface area contributed by atoms with Crippen molar-refractivity contribution >= 4 is 5.91 Å². The lowest BCUT2D eigenvalue weighted by Crippen LogP contribution is -2.46. The van der Waals surface area contributed by atoms with Crippen molar-refractivity contribution in [3.8, 4) is 11.5 Å². The van der Waals surface area contributed by atoms with Crippen molar-refractivity contribution in [1.82, 2.24) is 9.88 Å². The maximum absolute atomic E-state index is 12.5. The Kier molecular flexibility index (Phi) is 4.28. The third-order valence-corrected chi connectivity index (χ3v) is 4.86. The van der Waals surface area contributed by atoms with Crippen LogP contribution in [0.5, 0.6) is 11.5 Å². The number of nitrogens with zero attached hydrogens (tertiary/aromatic N) is 2. The van der Waals surface area contributed by atoms with Gasteiger partial charge in [0.1, 0.15) is 0 Å². The first-order chi connectivity index (χ1) is 12.2. The molecule has 1 saturated heterocycles. The van der Waals surface area contributed by atoms with E-state index in [4.69, 9.17) is 9.47 Å². The fraction of sp³-hybridized carbons (Fsp3) is 0.368. The molecule has 1 fully saturated rings. The summed E-state index contributed by atoms with van der Waals surface area (Å²) in [4.78, 5) is 18.2. The van der Waals surface area contributed by atoms with Gasteiger partial charge in [-0.15, -0.1) is 0 Å². The first-order valence-corrected chi connectivity index (χ1v) is 8.45. The Labute approximate surface area is 146 Å². The maximum Gasteiger partial charge on any atom is 0.231 e. The number of ether oxygens (including phenoxy) is 2. The van der Waals surface area contributed by atoms with Gasteiger partial charge in [-0.05, 0) is 41.8 Å². The minimum atomic E-state index is -0.587. The van der Waals surface area contributed by atoms with Crippen LogP contribution in [0.3, 0.4) is 0 Å². The van der Waals surface area contributed by atoms with Crippen LogP contribution >= 0.6 is 0 Å². The van der Waals surface area contributed by atoms with Gasteiger partial charge in [0.05, 0.1) is 12.5 Å². The SMILES string of the molecule is O=C(Cc1ccncc1)N1CC[C@@H](c2ccc3c(c2)OCO3)[C@H](O)C1. The number of amides is 1. The summed E-state index contributed by atoms with van der Waals surface area (Å²) in [6, 6.07) is 9.47. The van der Waals surface area contributed by atoms with Gasteiger partial charge in [0.25, 0.3) is 0 Å². The smallest absolute Gasteiger partial charge is 0.231 e. The first-order valence-electron chi connectivity index (χ1n) is 8.45. The summed E-state index contributed by atoms with van der Waals surface area (Å²) in [7, 11) is 0. The number of pyridine rings is 1. The average Bonchev–Trinajstić information content (AvgIpc) is 3.10. The number of β-amino-alcohol motifs (C(OH)–C–C–N with tert-alkyl or cyclic N) is 1. The quantitative estimate of drug-likeness (QED) is 0.921. The van der Waals surface area contributed by atoms with Crippen molar-refractivity contribution in [3.63, 3.8) is 0 Å². The van der Waals surface area contributed by atoms with Crippen LogP contribution in [0.4, 0.5) is 0 Å². The lowest BCUT2D eigenvalue weighted by molar-refractivity contribution is -0.134. The Bertz CT molecular complexity index is 765. The summed E-state index contributed by atoms with van der Waals surface area (Å²) in [5.74, 6) is 1.50. The topological polar surface area (TPSA) is 71.9 Å². The molecule has 0 saturated carbocycles. The van der Waals surface area contributed by atoms with Gasteiger partial charge in [0.2, 0.25) is 12.7 Å². The number of benzene rings is 1. The van der Waals surface area contributed by atoms with E-state index in [9.17, 15) is 9.90 Å². The number of aromatic nitrogens is 1. The molecule has 0 spiro atoms. The highest BCUT2D eigenvalue weighted by molar-refractivity contribution is 5.78. The van der Waals surface area contributed by atoms with Crippen molar-refractivity contribution in [2.45, 2.75) is 24.9 Å². The molecule has 2 aliphatic rings. The van der Waals surface area contributed by atoms with Crippen molar-refractivity contribution in [2.75, 3.05) is 19.9 Å². The zero-order valence-electron chi connectivity index (χ0n) is 13.8. The normalized spacial score (nSPS) is 22.0. The number of rotatable bonds is 3. The van der Waals surface area contributed by atoms with Crippen molar-refractivity contribution in [1.29, 1.82) is 0 Å². The predicted molar refractivity (Wildman–Crippen MR) is 90.5 cm³/mol. The molecule has 3 heterocycles. The van der Waals surface area contributed by atoms with Crippen LogP contribution in [0.15, 0.2) is 42.7 Å². The second kappa shape index (κ2) is 6.72. The Morgan fingerprint density at radius 2 is 2.00 bits per heavy atom. The van der Waals surface area contributed by atoms with E-state index in [1.165, 1.54) is 0 Å². The van der Waals surface area contributed by atoms with E-state index in [1.807, 2.05) is 30.3 Å². The maximum atomic E-state index is 12.5. The van der Waals surface area contributed by atoms with Crippen molar-refractivity contribution in [3.05, 3.63) is 53.9 Å². The molecule has 0 bridgehead atoms. The Morgan fingerprint density at radius 3 is 2.80 bits per heavy atom. The molecule has 2 aliphatic heterocycles. The van der Waals surface area contributed by atoms with E-state index in [0.29, 0.717) is 19.5 Å². The van der Waals surface area contributed by atoms with Crippen molar-refractivity contribution < 1.29 is 19.4 Å². The highest BCUT2D eigenvalue weighted by atomic mass is 16.7. The van der Waals surface area contributed by atoms with Crippen LogP contribution in [-0.2, 0) is 11.2 Å². The van der Waals surface area contributed by atoms with E-state index in [1.54, 1.807) is 17.3 Å². The molecular formula is C19H20N2O4. The Morgan fingerprint density at radius 1 is 1.20 bits per heavy atom. The lowest BCUT2D eigenvalue weighted by atomic mass is 9.86. The number of aliphatic hydroxyl groups excluding tert-OH is 1. The number of fused-ring (bicyclic) bond motifs is 1. The van der Waals surface area contributed by atoms with Crippen LogP contribution in [-0.4, -0.2) is 46.9 Å². The molecule has 4 rings (SSSR count). The second-order valence-electron chi connectivity index (χ2n) is 6.45. The number of carbonyl (C=O) groups is 1. The van der Waals surface area contributed by atoms with E-state index in [2.05, 4.69) is 4.98 Å². The Balaban J connectivity index is 1.41. The number of likely N-dealkylation sites (tertiary alicyclic amines) is 1. The van der Waals surface area contributed by atoms with Crippen LogP contribution < -0.4 is 9.47 Å².